The fraction of sp³-hybridized carbons (Fsp3) is 0.455. The molecule has 0 radical (unpaired) electrons. The first-order valence-electron chi connectivity index (χ1n) is 4.89. The zero-order valence-electron chi connectivity index (χ0n) is 9.41. The van der Waals surface area contributed by atoms with Crippen LogP contribution in [0.25, 0.3) is 0 Å². The van der Waals surface area contributed by atoms with Gasteiger partial charge in [-0.1, -0.05) is 17.7 Å². The van der Waals surface area contributed by atoms with Gasteiger partial charge < -0.3 is 5.73 Å². The molecule has 92 valence electrons. The largest absolute Gasteiger partial charge is 0.329 e. The lowest BCUT2D eigenvalue weighted by molar-refractivity contribution is 0.255. The maximum Gasteiger partial charge on any atom is 0.0551 e. The van der Waals surface area contributed by atoms with Gasteiger partial charge in [0.1, 0.15) is 0 Å². The Bertz CT molecular complexity index is 334. The number of nitrogens with two attached hydrogens (primary N) is 1. The summed E-state index contributed by atoms with van der Waals surface area (Å²) in [5.41, 5.74) is 6.81. The van der Waals surface area contributed by atoms with Crippen LogP contribution in [-0.4, -0.2) is 24.5 Å². The van der Waals surface area contributed by atoms with Crippen LogP contribution in [-0.2, 0) is 6.54 Å². The average Bonchev–Trinajstić information content (AvgIpc) is 2.22. The topological polar surface area (TPSA) is 29.3 Å². The van der Waals surface area contributed by atoms with Gasteiger partial charge in [-0.25, -0.2) is 0 Å². The van der Waals surface area contributed by atoms with Crippen LogP contribution in [0, 0.1) is 0 Å². The zero-order chi connectivity index (χ0) is 11.4. The summed E-state index contributed by atoms with van der Waals surface area (Å²) < 4.78 is 0.933. The van der Waals surface area contributed by atoms with E-state index in [9.17, 15) is 0 Å². The molecule has 0 heterocycles. The first kappa shape index (κ1) is 16.2. The van der Waals surface area contributed by atoms with E-state index in [1.165, 1.54) is 5.56 Å². The minimum absolute atomic E-state index is 0. The molecule has 0 saturated carbocycles. The van der Waals surface area contributed by atoms with Crippen LogP contribution in [0.1, 0.15) is 12.5 Å². The van der Waals surface area contributed by atoms with Gasteiger partial charge in [0.05, 0.1) is 5.02 Å². The van der Waals surface area contributed by atoms with Crippen molar-refractivity contribution in [1.29, 1.82) is 0 Å². The molecule has 0 aliphatic carbocycles. The molecule has 5 heteroatoms. The number of hydrogen-bond acceptors (Lipinski definition) is 2. The molecule has 0 fully saturated rings. The third-order valence-electron chi connectivity index (χ3n) is 2.51. The smallest absolute Gasteiger partial charge is 0.0551 e. The van der Waals surface area contributed by atoms with Crippen LogP contribution in [0.5, 0.6) is 0 Å². The van der Waals surface area contributed by atoms with Gasteiger partial charge in [0.2, 0.25) is 0 Å². The van der Waals surface area contributed by atoms with Gasteiger partial charge in [-0.05, 0) is 47.6 Å². The van der Waals surface area contributed by atoms with Crippen molar-refractivity contribution in [2.75, 3.05) is 13.6 Å². The quantitative estimate of drug-likeness (QED) is 0.919. The van der Waals surface area contributed by atoms with E-state index < -0.39 is 0 Å². The molecule has 2 N–H and O–H groups in total. The molecular weight excluding hydrogens is 311 g/mol. The van der Waals surface area contributed by atoms with E-state index in [0.717, 1.165) is 16.0 Å². The number of halogens is 3. The van der Waals surface area contributed by atoms with Gasteiger partial charge in [0, 0.05) is 23.6 Å². The number of hydrogen-bond donors (Lipinski definition) is 1. The molecule has 1 unspecified atom stereocenters. The highest BCUT2D eigenvalue weighted by Crippen LogP contribution is 2.23. The van der Waals surface area contributed by atoms with Crippen molar-refractivity contribution in [3.8, 4) is 0 Å². The Labute approximate surface area is 117 Å². The Morgan fingerprint density at radius 3 is 2.62 bits per heavy atom. The van der Waals surface area contributed by atoms with Crippen molar-refractivity contribution in [1.82, 2.24) is 4.90 Å². The Balaban J connectivity index is 0.00000225. The third kappa shape index (κ3) is 4.60. The van der Waals surface area contributed by atoms with Crippen molar-refractivity contribution in [3.05, 3.63) is 33.3 Å². The fourth-order valence-electron chi connectivity index (χ4n) is 1.26. The highest BCUT2D eigenvalue weighted by molar-refractivity contribution is 9.10. The summed E-state index contributed by atoms with van der Waals surface area (Å²) in [6.07, 6.45) is 0. The summed E-state index contributed by atoms with van der Waals surface area (Å²) in [6.45, 7) is 3.65. The van der Waals surface area contributed by atoms with E-state index in [0.29, 0.717) is 12.6 Å². The lowest BCUT2D eigenvalue weighted by Gasteiger charge is -2.23. The summed E-state index contributed by atoms with van der Waals surface area (Å²) in [5.74, 6) is 0. The number of nitrogens with zero attached hydrogens (tertiary/aromatic N) is 1. The van der Waals surface area contributed by atoms with Gasteiger partial charge in [-0.15, -0.1) is 12.4 Å². The Morgan fingerprint density at radius 2 is 2.12 bits per heavy atom. The summed E-state index contributed by atoms with van der Waals surface area (Å²) >= 11 is 9.39. The van der Waals surface area contributed by atoms with Gasteiger partial charge in [-0.2, -0.15) is 0 Å². The van der Waals surface area contributed by atoms with E-state index in [-0.39, 0.29) is 12.4 Å². The monoisotopic (exact) mass is 326 g/mol. The second kappa shape index (κ2) is 7.51. The summed E-state index contributed by atoms with van der Waals surface area (Å²) in [6, 6.07) is 6.40. The van der Waals surface area contributed by atoms with Crippen LogP contribution < -0.4 is 5.73 Å². The zero-order valence-corrected chi connectivity index (χ0v) is 12.6. The van der Waals surface area contributed by atoms with Crippen molar-refractivity contribution < 1.29 is 0 Å². The van der Waals surface area contributed by atoms with Crippen LogP contribution in [0.15, 0.2) is 22.7 Å². The molecule has 0 bridgehead atoms. The summed E-state index contributed by atoms with van der Waals surface area (Å²) in [7, 11) is 2.06. The maximum atomic E-state index is 6.02. The standard InChI is InChI=1S/C11H16BrClN2.ClH/c1-8(6-14)15(2)7-9-3-4-10(12)11(13)5-9;/h3-5,8H,6-7,14H2,1-2H3;1H. The molecule has 0 amide bonds. The predicted octanol–water partition coefficient (Wildman–Crippen LogP) is 3.30. The normalized spacial score (nSPS) is 12.4. The van der Waals surface area contributed by atoms with Crippen LogP contribution in [0.2, 0.25) is 5.02 Å². The first-order valence-corrected chi connectivity index (χ1v) is 6.06. The lowest BCUT2D eigenvalue weighted by atomic mass is 10.2. The van der Waals surface area contributed by atoms with Gasteiger partial charge in [0.25, 0.3) is 0 Å². The van der Waals surface area contributed by atoms with Crippen molar-refractivity contribution in [2.24, 2.45) is 5.73 Å². The highest BCUT2D eigenvalue weighted by Gasteiger charge is 2.08. The summed E-state index contributed by atoms with van der Waals surface area (Å²) in [4.78, 5) is 2.21. The maximum absolute atomic E-state index is 6.02. The van der Waals surface area contributed by atoms with E-state index in [2.05, 4.69) is 40.9 Å². The molecule has 0 aromatic heterocycles. The van der Waals surface area contributed by atoms with Crippen LogP contribution in [0.4, 0.5) is 0 Å². The number of rotatable bonds is 4. The summed E-state index contributed by atoms with van der Waals surface area (Å²) in [5, 5.41) is 0.751. The molecule has 16 heavy (non-hydrogen) atoms. The predicted molar refractivity (Wildman–Crippen MR) is 76.4 cm³/mol. The second-order valence-electron chi connectivity index (χ2n) is 3.75. The molecule has 0 aliphatic heterocycles. The Morgan fingerprint density at radius 1 is 1.50 bits per heavy atom. The molecule has 0 saturated heterocycles. The highest BCUT2D eigenvalue weighted by atomic mass is 79.9. The Kier molecular flexibility index (Phi) is 7.61. The van der Waals surface area contributed by atoms with E-state index >= 15 is 0 Å². The van der Waals surface area contributed by atoms with Gasteiger partial charge in [0.15, 0.2) is 0 Å². The third-order valence-corrected chi connectivity index (χ3v) is 3.74. The molecule has 0 aliphatic rings. The second-order valence-corrected chi connectivity index (χ2v) is 5.01. The molecule has 1 rings (SSSR count). The minimum atomic E-state index is 0. The fourth-order valence-corrected chi connectivity index (χ4v) is 1.71. The molecule has 1 atom stereocenters. The molecule has 0 spiro atoms. The first-order chi connectivity index (χ1) is 7.04. The van der Waals surface area contributed by atoms with Gasteiger partial charge in [-0.3, -0.25) is 4.90 Å². The van der Waals surface area contributed by atoms with Crippen molar-refractivity contribution in [2.45, 2.75) is 19.5 Å². The number of benzene rings is 1. The Hall–Kier alpha value is 0.200. The van der Waals surface area contributed by atoms with E-state index in [1.807, 2.05) is 12.1 Å². The molecule has 1 aromatic rings. The minimum Gasteiger partial charge on any atom is -0.329 e. The van der Waals surface area contributed by atoms with Crippen molar-refractivity contribution >= 4 is 39.9 Å². The van der Waals surface area contributed by atoms with Crippen LogP contribution >= 0.6 is 39.9 Å². The average molecular weight is 328 g/mol. The SMILES string of the molecule is CC(CN)N(C)Cc1ccc(Br)c(Cl)c1.Cl. The molecule has 1 aromatic carbocycles. The van der Waals surface area contributed by atoms with Crippen molar-refractivity contribution in [3.63, 3.8) is 0 Å². The number of likely N-dealkylation sites (N-methyl/N-ethyl adjacent to an activating group) is 1. The van der Waals surface area contributed by atoms with E-state index in [4.69, 9.17) is 17.3 Å². The molecule has 2 nitrogen and oxygen atoms in total. The van der Waals surface area contributed by atoms with Gasteiger partial charge >= 0.3 is 0 Å². The van der Waals surface area contributed by atoms with E-state index in [1.54, 1.807) is 0 Å². The van der Waals surface area contributed by atoms with Crippen LogP contribution in [0.3, 0.4) is 0 Å². The lowest BCUT2D eigenvalue weighted by Crippen LogP contribution is -2.34. The molecular formula is C11H17BrCl2N2.